The fraction of sp³-hybridized carbons (Fsp3) is 0.455. The molecule has 1 aliphatic rings. The summed E-state index contributed by atoms with van der Waals surface area (Å²) in [5, 5.41) is 19.7. The number of benzene rings is 2. The second-order valence-electron chi connectivity index (χ2n) is 11.9. The summed E-state index contributed by atoms with van der Waals surface area (Å²) in [6, 6.07) is 10.9. The average Bonchev–Trinajstić information content (AvgIpc) is 3.18. The number of carboxylic acids is 1. The van der Waals surface area contributed by atoms with Crippen LogP contribution in [0.25, 0.3) is 10.9 Å². The van der Waals surface area contributed by atoms with Gasteiger partial charge in [0, 0.05) is 48.1 Å². The van der Waals surface area contributed by atoms with E-state index < -0.39 is 35.9 Å². The van der Waals surface area contributed by atoms with Crippen molar-refractivity contribution in [1.29, 1.82) is 0 Å². The third kappa shape index (κ3) is 9.22. The van der Waals surface area contributed by atoms with Crippen molar-refractivity contribution >= 4 is 46.3 Å². The number of amides is 4. The Kier molecular flexibility index (Phi) is 11.7. The standard InChI is InChI=1S/C33H42ClN5O5/c1-21(2)16-27(38-33(44)39-14-7-3-4-8-15-39)30(40)36-28(19-23-20-35-26-13-6-5-12-25(23)26)31(41)37-29(32(42)43)18-22-10-9-11-24(34)17-22/h5-6,9-13,17,20-21,27-29,35H,3-4,7-8,14-16,18-19H2,1-2H3,(H,36,40)(H,37,41)(H,38,44)(H,42,43)/t27-,28+,29+/m0/s1. The number of hydrogen-bond acceptors (Lipinski definition) is 4. The fourth-order valence-corrected chi connectivity index (χ4v) is 5.80. The molecule has 1 aromatic heterocycles. The summed E-state index contributed by atoms with van der Waals surface area (Å²) >= 11 is 6.09. The summed E-state index contributed by atoms with van der Waals surface area (Å²) in [4.78, 5) is 57.8. The number of aliphatic carboxylic acids is 1. The lowest BCUT2D eigenvalue weighted by Gasteiger charge is -2.28. The van der Waals surface area contributed by atoms with E-state index in [9.17, 15) is 24.3 Å². The number of carboxylic acid groups (broad SMARTS) is 1. The monoisotopic (exact) mass is 623 g/mol. The van der Waals surface area contributed by atoms with Crippen LogP contribution in [0.1, 0.15) is 57.1 Å². The van der Waals surface area contributed by atoms with Crippen LogP contribution in [0.2, 0.25) is 5.02 Å². The second kappa shape index (κ2) is 15.6. The Labute approximate surface area is 262 Å². The summed E-state index contributed by atoms with van der Waals surface area (Å²) in [7, 11) is 0. The van der Waals surface area contributed by atoms with E-state index in [0.29, 0.717) is 30.1 Å². The number of carbonyl (C=O) groups excluding carboxylic acids is 3. The number of likely N-dealkylation sites (tertiary alicyclic amines) is 1. The Bertz CT molecular complexity index is 1450. The molecule has 2 aromatic carbocycles. The number of aromatic amines is 1. The van der Waals surface area contributed by atoms with Crippen molar-refractivity contribution in [3.8, 4) is 0 Å². The van der Waals surface area contributed by atoms with Gasteiger partial charge in [0.25, 0.3) is 0 Å². The van der Waals surface area contributed by atoms with E-state index in [-0.39, 0.29) is 24.8 Å². The minimum atomic E-state index is -1.25. The molecule has 4 rings (SSSR count). The van der Waals surface area contributed by atoms with Crippen molar-refractivity contribution in [1.82, 2.24) is 25.8 Å². The van der Waals surface area contributed by atoms with E-state index in [1.165, 1.54) is 0 Å². The summed E-state index contributed by atoms with van der Waals surface area (Å²) in [5.74, 6) is -2.26. The van der Waals surface area contributed by atoms with Crippen molar-refractivity contribution in [2.24, 2.45) is 5.92 Å². The first-order valence-corrected chi connectivity index (χ1v) is 15.7. The lowest BCUT2D eigenvalue weighted by Crippen LogP contribution is -2.58. The highest BCUT2D eigenvalue weighted by Gasteiger charge is 2.31. The number of fused-ring (bicyclic) bond motifs is 1. The molecular weight excluding hydrogens is 582 g/mol. The molecule has 3 aromatic rings. The molecule has 236 valence electrons. The molecule has 1 aliphatic heterocycles. The van der Waals surface area contributed by atoms with Crippen LogP contribution >= 0.6 is 11.6 Å². The highest BCUT2D eigenvalue weighted by Crippen LogP contribution is 2.20. The van der Waals surface area contributed by atoms with Crippen LogP contribution in [-0.2, 0) is 27.2 Å². The van der Waals surface area contributed by atoms with Gasteiger partial charge in [-0.3, -0.25) is 9.59 Å². The van der Waals surface area contributed by atoms with Crippen LogP contribution in [0.15, 0.2) is 54.7 Å². The zero-order valence-electron chi connectivity index (χ0n) is 25.3. The van der Waals surface area contributed by atoms with Gasteiger partial charge in [-0.25, -0.2) is 9.59 Å². The number of H-pyrrole nitrogens is 1. The van der Waals surface area contributed by atoms with Crippen LogP contribution in [0.4, 0.5) is 4.79 Å². The van der Waals surface area contributed by atoms with Gasteiger partial charge in [-0.05, 0) is 54.5 Å². The molecule has 5 N–H and O–H groups in total. The van der Waals surface area contributed by atoms with Gasteiger partial charge in [0.2, 0.25) is 11.8 Å². The maximum Gasteiger partial charge on any atom is 0.326 e. The SMILES string of the molecule is CC(C)C[C@H](NC(=O)N1CCCCCC1)C(=O)N[C@H](Cc1c[nH]c2ccccc12)C(=O)N[C@H](Cc1cccc(Cl)c1)C(=O)O. The van der Waals surface area contributed by atoms with E-state index in [1.54, 1.807) is 35.4 Å². The summed E-state index contributed by atoms with van der Waals surface area (Å²) in [6.45, 7) is 5.19. The molecule has 0 unspecified atom stereocenters. The Balaban J connectivity index is 1.56. The predicted molar refractivity (Wildman–Crippen MR) is 170 cm³/mol. The number of hydrogen-bond donors (Lipinski definition) is 5. The molecule has 0 radical (unpaired) electrons. The van der Waals surface area contributed by atoms with Gasteiger partial charge in [-0.1, -0.05) is 68.6 Å². The number of aromatic nitrogens is 1. The van der Waals surface area contributed by atoms with Crippen molar-refractivity contribution in [2.45, 2.75) is 76.9 Å². The molecule has 2 heterocycles. The fourth-order valence-electron chi connectivity index (χ4n) is 5.59. The molecule has 0 aliphatic carbocycles. The zero-order valence-corrected chi connectivity index (χ0v) is 26.0. The minimum Gasteiger partial charge on any atom is -0.480 e. The second-order valence-corrected chi connectivity index (χ2v) is 12.3. The molecule has 44 heavy (non-hydrogen) atoms. The summed E-state index contributed by atoms with van der Waals surface area (Å²) in [5.41, 5.74) is 2.31. The van der Waals surface area contributed by atoms with E-state index in [4.69, 9.17) is 11.6 Å². The van der Waals surface area contributed by atoms with E-state index in [0.717, 1.165) is 42.1 Å². The number of rotatable bonds is 12. The van der Waals surface area contributed by atoms with Crippen LogP contribution in [0.3, 0.4) is 0 Å². The molecule has 10 nitrogen and oxygen atoms in total. The van der Waals surface area contributed by atoms with Gasteiger partial charge < -0.3 is 30.9 Å². The molecule has 4 amide bonds. The third-order valence-electron chi connectivity index (χ3n) is 7.89. The van der Waals surface area contributed by atoms with Gasteiger partial charge >= 0.3 is 12.0 Å². The van der Waals surface area contributed by atoms with Gasteiger partial charge in [0.15, 0.2) is 0 Å². The van der Waals surface area contributed by atoms with Crippen LogP contribution in [0, 0.1) is 5.92 Å². The van der Waals surface area contributed by atoms with Gasteiger partial charge in [-0.2, -0.15) is 0 Å². The number of nitrogens with one attached hydrogen (secondary N) is 4. The van der Waals surface area contributed by atoms with Crippen LogP contribution in [-0.4, -0.2) is 70.0 Å². The summed E-state index contributed by atoms with van der Waals surface area (Å²) < 4.78 is 0. The lowest BCUT2D eigenvalue weighted by atomic mass is 10.00. The van der Waals surface area contributed by atoms with Gasteiger partial charge in [-0.15, -0.1) is 0 Å². The van der Waals surface area contributed by atoms with Gasteiger partial charge in [0.1, 0.15) is 18.1 Å². The molecule has 0 saturated carbocycles. The first kappa shape index (κ1) is 32.9. The third-order valence-corrected chi connectivity index (χ3v) is 8.13. The minimum absolute atomic E-state index is 0.0112. The maximum absolute atomic E-state index is 13.8. The number of halogens is 1. The van der Waals surface area contributed by atoms with E-state index in [1.807, 2.05) is 38.1 Å². The molecule has 0 spiro atoms. The Morgan fingerprint density at radius 1 is 0.864 bits per heavy atom. The molecule has 0 bridgehead atoms. The number of carbonyl (C=O) groups is 4. The normalized spacial score (nSPS) is 15.7. The summed E-state index contributed by atoms with van der Waals surface area (Å²) in [6.07, 6.45) is 6.25. The Morgan fingerprint density at radius 3 is 2.23 bits per heavy atom. The lowest BCUT2D eigenvalue weighted by molar-refractivity contribution is -0.142. The Morgan fingerprint density at radius 2 is 1.55 bits per heavy atom. The maximum atomic E-state index is 13.8. The smallest absolute Gasteiger partial charge is 0.326 e. The van der Waals surface area contributed by atoms with E-state index >= 15 is 0 Å². The number of urea groups is 1. The molecular formula is C33H42ClN5O5. The number of para-hydroxylation sites is 1. The zero-order chi connectivity index (χ0) is 31.6. The molecule has 3 atom stereocenters. The highest BCUT2D eigenvalue weighted by atomic mass is 35.5. The highest BCUT2D eigenvalue weighted by molar-refractivity contribution is 6.30. The Hall–Kier alpha value is -4.05. The number of nitrogens with zero attached hydrogens (tertiary/aromatic N) is 1. The largest absolute Gasteiger partial charge is 0.480 e. The van der Waals surface area contributed by atoms with Crippen LogP contribution in [0.5, 0.6) is 0 Å². The first-order chi connectivity index (χ1) is 21.1. The van der Waals surface area contributed by atoms with Crippen LogP contribution < -0.4 is 16.0 Å². The predicted octanol–water partition coefficient (Wildman–Crippen LogP) is 4.66. The van der Waals surface area contributed by atoms with E-state index in [2.05, 4.69) is 20.9 Å². The van der Waals surface area contributed by atoms with Crippen molar-refractivity contribution in [2.75, 3.05) is 13.1 Å². The average molecular weight is 624 g/mol. The topological polar surface area (TPSA) is 144 Å². The van der Waals surface area contributed by atoms with Gasteiger partial charge in [0.05, 0.1) is 0 Å². The quantitative estimate of drug-likeness (QED) is 0.199. The first-order valence-electron chi connectivity index (χ1n) is 15.3. The molecule has 1 saturated heterocycles. The van der Waals surface area contributed by atoms with Crippen molar-refractivity contribution in [3.63, 3.8) is 0 Å². The molecule has 11 heteroatoms. The van der Waals surface area contributed by atoms with Crippen molar-refractivity contribution in [3.05, 3.63) is 70.9 Å². The molecule has 1 fully saturated rings. The van der Waals surface area contributed by atoms with Crippen molar-refractivity contribution < 1.29 is 24.3 Å².